The second-order valence-corrected chi connectivity index (χ2v) is 7.98. The molecule has 26 heavy (non-hydrogen) atoms. The fraction of sp³-hybridized carbons (Fsp3) is 0.0435. The minimum Gasteiger partial charge on any atom is -0.343 e. The normalized spacial score (nSPS) is 11.6. The Balaban J connectivity index is 1.84. The first kappa shape index (κ1) is 15.8. The highest BCUT2D eigenvalue weighted by atomic mass is 35.5. The van der Waals surface area contributed by atoms with E-state index in [0.717, 1.165) is 5.02 Å². The van der Waals surface area contributed by atoms with Crippen molar-refractivity contribution in [3.8, 4) is 11.3 Å². The molecule has 126 valence electrons. The van der Waals surface area contributed by atoms with Crippen LogP contribution in [0.1, 0.15) is 0 Å². The van der Waals surface area contributed by atoms with Crippen molar-refractivity contribution in [3.63, 3.8) is 0 Å². The molecule has 3 heteroatoms. The van der Waals surface area contributed by atoms with Gasteiger partial charge in [0.05, 0.1) is 5.69 Å². The molecule has 0 amide bonds. The second kappa shape index (κ2) is 6.08. The lowest BCUT2D eigenvalue weighted by atomic mass is 10.1. The highest BCUT2D eigenvalue weighted by Crippen LogP contribution is 2.47. The molecule has 3 aromatic rings. The zero-order chi connectivity index (χ0) is 17.7. The third-order valence-electron chi connectivity index (χ3n) is 4.89. The standard InChI is InChI=1S/C23H16ClNS/c1-25-21-9-5-2-6-15(21)14-20-22(25)18-7-3-4-8-19(18)23(20)26-17-12-10-16(24)11-13-17/h2-14H,1H3. The predicted molar refractivity (Wildman–Crippen MR) is 113 cm³/mol. The largest absolute Gasteiger partial charge is 0.343 e. The molecule has 0 atom stereocenters. The molecular weight excluding hydrogens is 358 g/mol. The molecule has 0 unspecified atom stereocenters. The first-order valence-electron chi connectivity index (χ1n) is 8.55. The van der Waals surface area contributed by atoms with Gasteiger partial charge >= 0.3 is 0 Å². The summed E-state index contributed by atoms with van der Waals surface area (Å²) in [5.41, 5.74) is 3.84. The Hall–Kier alpha value is -2.42. The average Bonchev–Trinajstić information content (AvgIpc) is 2.98. The van der Waals surface area contributed by atoms with E-state index in [1.165, 1.54) is 42.7 Å². The minimum atomic E-state index is 0.768. The van der Waals surface area contributed by atoms with Gasteiger partial charge in [-0.05, 0) is 47.2 Å². The van der Waals surface area contributed by atoms with Crippen LogP contribution >= 0.6 is 23.4 Å². The molecule has 1 heterocycles. The predicted octanol–water partition coefficient (Wildman–Crippen LogP) is 7.24. The number of nitrogens with zero attached hydrogens (tertiary/aromatic N) is 1. The number of fused-ring (bicyclic) bond motifs is 4. The monoisotopic (exact) mass is 373 g/mol. The summed E-state index contributed by atoms with van der Waals surface area (Å²) >= 11 is 7.86. The molecule has 0 spiro atoms. The smallest absolute Gasteiger partial charge is 0.0573 e. The van der Waals surface area contributed by atoms with Crippen molar-refractivity contribution in [2.75, 3.05) is 0 Å². The molecule has 1 nitrogen and oxygen atoms in total. The first-order valence-corrected chi connectivity index (χ1v) is 9.74. The number of benzene rings is 3. The number of halogens is 1. The molecule has 0 aromatic heterocycles. The molecular formula is C23H16ClNS. The third-order valence-corrected chi connectivity index (χ3v) is 6.30. The van der Waals surface area contributed by atoms with Crippen LogP contribution in [0.5, 0.6) is 0 Å². The van der Waals surface area contributed by atoms with Crippen LogP contribution in [0.15, 0.2) is 88.7 Å². The zero-order valence-corrected chi connectivity index (χ0v) is 15.8. The fourth-order valence-corrected chi connectivity index (χ4v) is 4.89. The lowest BCUT2D eigenvalue weighted by molar-refractivity contribution is 0.969. The van der Waals surface area contributed by atoms with Crippen molar-refractivity contribution in [3.05, 3.63) is 83.9 Å². The zero-order valence-electron chi connectivity index (χ0n) is 14.2. The van der Waals surface area contributed by atoms with Crippen LogP contribution in [0.2, 0.25) is 5.02 Å². The van der Waals surface area contributed by atoms with Gasteiger partial charge < -0.3 is 4.57 Å². The molecule has 0 saturated carbocycles. The summed E-state index contributed by atoms with van der Waals surface area (Å²) in [5.74, 6) is 0. The molecule has 0 saturated heterocycles. The van der Waals surface area contributed by atoms with Gasteiger partial charge in [0.15, 0.2) is 0 Å². The first-order chi connectivity index (χ1) is 12.7. The Morgan fingerprint density at radius 3 is 2.31 bits per heavy atom. The van der Waals surface area contributed by atoms with Crippen molar-refractivity contribution in [1.29, 1.82) is 0 Å². The molecule has 1 aliphatic heterocycles. The van der Waals surface area contributed by atoms with E-state index in [4.69, 9.17) is 11.6 Å². The van der Waals surface area contributed by atoms with E-state index >= 15 is 0 Å². The number of hydrogen-bond acceptors (Lipinski definition) is 1. The number of hydrogen-bond donors (Lipinski definition) is 0. The molecule has 3 aromatic carbocycles. The lowest BCUT2D eigenvalue weighted by Crippen LogP contribution is -1.98. The number of pyridine rings is 1. The van der Waals surface area contributed by atoms with Crippen LogP contribution in [0.4, 0.5) is 0 Å². The molecule has 0 fully saturated rings. The van der Waals surface area contributed by atoms with E-state index in [1.54, 1.807) is 0 Å². The van der Waals surface area contributed by atoms with Gasteiger partial charge in [0.1, 0.15) is 0 Å². The summed E-state index contributed by atoms with van der Waals surface area (Å²) in [6.45, 7) is 0. The van der Waals surface area contributed by atoms with Crippen LogP contribution in [-0.4, -0.2) is 4.57 Å². The van der Waals surface area contributed by atoms with E-state index in [-0.39, 0.29) is 0 Å². The molecule has 5 rings (SSSR count). The summed E-state index contributed by atoms with van der Waals surface area (Å²) in [5, 5.41) is 4.63. The van der Waals surface area contributed by atoms with Crippen molar-refractivity contribution in [2.24, 2.45) is 7.05 Å². The number of aromatic nitrogens is 1. The van der Waals surface area contributed by atoms with Gasteiger partial charge in [-0.1, -0.05) is 65.8 Å². The molecule has 0 bridgehead atoms. The van der Waals surface area contributed by atoms with Crippen molar-refractivity contribution in [2.45, 2.75) is 9.79 Å². The Labute approximate surface area is 161 Å². The number of para-hydroxylation sites is 1. The maximum absolute atomic E-state index is 6.06. The van der Waals surface area contributed by atoms with Crippen molar-refractivity contribution in [1.82, 2.24) is 4.57 Å². The second-order valence-electron chi connectivity index (χ2n) is 6.46. The Bertz CT molecular complexity index is 1220. The summed E-state index contributed by atoms with van der Waals surface area (Å²) < 4.78 is 2.32. The van der Waals surface area contributed by atoms with Gasteiger partial charge in [-0.2, -0.15) is 0 Å². The van der Waals surface area contributed by atoms with Crippen LogP contribution < -0.4 is 0 Å². The van der Waals surface area contributed by atoms with Crippen molar-refractivity contribution >= 4 is 45.0 Å². The van der Waals surface area contributed by atoms with E-state index in [1.807, 2.05) is 23.9 Å². The van der Waals surface area contributed by atoms with Gasteiger partial charge in [-0.15, -0.1) is 0 Å². The minimum absolute atomic E-state index is 0.768. The Morgan fingerprint density at radius 1 is 0.808 bits per heavy atom. The topological polar surface area (TPSA) is 4.93 Å². The Morgan fingerprint density at radius 2 is 1.50 bits per heavy atom. The van der Waals surface area contributed by atoms with Crippen molar-refractivity contribution < 1.29 is 0 Å². The molecule has 2 aliphatic rings. The van der Waals surface area contributed by atoms with E-state index < -0.39 is 0 Å². The van der Waals surface area contributed by atoms with E-state index in [9.17, 15) is 0 Å². The molecule has 1 aliphatic carbocycles. The number of rotatable bonds is 2. The van der Waals surface area contributed by atoms with Crippen LogP contribution in [0.25, 0.3) is 32.9 Å². The van der Waals surface area contributed by atoms with Crippen LogP contribution in [0.3, 0.4) is 0 Å². The fourth-order valence-electron chi connectivity index (χ4n) is 3.70. The third kappa shape index (κ3) is 2.41. The average molecular weight is 374 g/mol. The van der Waals surface area contributed by atoms with Crippen LogP contribution in [0, 0.1) is 0 Å². The lowest BCUT2D eigenvalue weighted by Gasteiger charge is -2.14. The van der Waals surface area contributed by atoms with Gasteiger partial charge in [0.25, 0.3) is 0 Å². The SMILES string of the molecule is Cn1c2c3ccccc3c(Sc3ccc(Cl)cc3)c-2cc2ccccc21. The summed E-state index contributed by atoms with van der Waals surface area (Å²) in [7, 11) is 2.16. The maximum atomic E-state index is 6.06. The van der Waals surface area contributed by atoms with E-state index in [0.29, 0.717) is 0 Å². The Kier molecular flexibility index (Phi) is 3.70. The molecule has 0 radical (unpaired) electrons. The number of aryl methyl sites for hydroxylation is 1. The van der Waals surface area contributed by atoms with Gasteiger partial charge in [-0.3, -0.25) is 0 Å². The summed E-state index contributed by atoms with van der Waals surface area (Å²) in [6, 6.07) is 27.6. The van der Waals surface area contributed by atoms with Gasteiger partial charge in [0, 0.05) is 38.3 Å². The van der Waals surface area contributed by atoms with Crippen LogP contribution in [-0.2, 0) is 7.05 Å². The summed E-state index contributed by atoms with van der Waals surface area (Å²) in [6.07, 6.45) is 0. The quantitative estimate of drug-likeness (QED) is 0.315. The highest BCUT2D eigenvalue weighted by molar-refractivity contribution is 7.99. The molecule has 0 N–H and O–H groups in total. The van der Waals surface area contributed by atoms with E-state index in [2.05, 4.69) is 78.3 Å². The highest BCUT2D eigenvalue weighted by Gasteiger charge is 2.21. The van der Waals surface area contributed by atoms with Gasteiger partial charge in [0.2, 0.25) is 0 Å². The summed E-state index contributed by atoms with van der Waals surface area (Å²) in [4.78, 5) is 2.50. The maximum Gasteiger partial charge on any atom is 0.0573 e. The van der Waals surface area contributed by atoms with Gasteiger partial charge in [-0.25, -0.2) is 0 Å².